The maximum atomic E-state index is 5.28. The predicted octanol–water partition coefficient (Wildman–Crippen LogP) is 4.73. The standard InChI is InChI=1S/C13H21N.C2H6/c1-4-5-6-7-12(2)8-9-13(3)10-11-14;1-2/h6-11H,4-5,14H2,1-3H3;1-2H3/b7-6+,11-10+,12-8+,13-9+;. The third-order valence-corrected chi connectivity index (χ3v) is 1.80. The lowest BCUT2D eigenvalue weighted by molar-refractivity contribution is 0.957. The van der Waals surface area contributed by atoms with E-state index < -0.39 is 0 Å². The van der Waals surface area contributed by atoms with Gasteiger partial charge in [-0.3, -0.25) is 0 Å². The fourth-order valence-electron chi connectivity index (χ4n) is 0.962. The molecular weight excluding hydrogens is 194 g/mol. The van der Waals surface area contributed by atoms with Gasteiger partial charge in [0.15, 0.2) is 0 Å². The smallest absolute Gasteiger partial charge is 0.00597 e. The lowest BCUT2D eigenvalue weighted by Gasteiger charge is -1.91. The SMILES string of the molecule is CC.CCC/C=C/C(C)=C/C=C(C)/C=C/N. The first-order chi connectivity index (χ1) is 7.70. The minimum atomic E-state index is 1.15. The van der Waals surface area contributed by atoms with Crippen molar-refractivity contribution in [2.45, 2.75) is 47.5 Å². The van der Waals surface area contributed by atoms with Crippen LogP contribution in [0.4, 0.5) is 0 Å². The number of unbranched alkanes of at least 4 members (excludes halogenated alkanes) is 1. The molecule has 0 spiro atoms. The number of hydrogen-bond donors (Lipinski definition) is 1. The largest absolute Gasteiger partial charge is 0.405 e. The van der Waals surface area contributed by atoms with Crippen molar-refractivity contribution in [3.8, 4) is 0 Å². The van der Waals surface area contributed by atoms with Gasteiger partial charge in [-0.05, 0) is 38.1 Å². The van der Waals surface area contributed by atoms with Gasteiger partial charge >= 0.3 is 0 Å². The van der Waals surface area contributed by atoms with E-state index in [9.17, 15) is 0 Å². The van der Waals surface area contributed by atoms with E-state index in [1.807, 2.05) is 26.8 Å². The van der Waals surface area contributed by atoms with Crippen molar-refractivity contribution in [3.05, 3.63) is 47.7 Å². The Hall–Kier alpha value is -1.24. The molecule has 0 aliphatic carbocycles. The molecule has 0 rings (SSSR count). The summed E-state index contributed by atoms with van der Waals surface area (Å²) in [4.78, 5) is 0. The molecule has 1 nitrogen and oxygen atoms in total. The normalized spacial score (nSPS) is 13.1. The topological polar surface area (TPSA) is 26.0 Å². The zero-order chi connectivity index (χ0) is 12.8. The molecule has 0 aromatic rings. The number of rotatable bonds is 5. The molecule has 0 amide bonds. The summed E-state index contributed by atoms with van der Waals surface area (Å²) >= 11 is 0. The molecule has 0 saturated heterocycles. The van der Waals surface area contributed by atoms with E-state index in [0.29, 0.717) is 0 Å². The number of allylic oxidation sites excluding steroid dienone is 7. The average Bonchev–Trinajstić information content (AvgIpc) is 2.30. The zero-order valence-corrected chi connectivity index (χ0v) is 11.5. The monoisotopic (exact) mass is 221 g/mol. The van der Waals surface area contributed by atoms with Crippen LogP contribution >= 0.6 is 0 Å². The maximum Gasteiger partial charge on any atom is -0.00597 e. The third-order valence-electron chi connectivity index (χ3n) is 1.80. The van der Waals surface area contributed by atoms with Crippen molar-refractivity contribution in [2.75, 3.05) is 0 Å². The molecular formula is C15H27N. The fraction of sp³-hybridized carbons (Fsp3) is 0.467. The molecule has 0 saturated carbocycles. The summed E-state index contributed by atoms with van der Waals surface area (Å²) in [7, 11) is 0. The van der Waals surface area contributed by atoms with Crippen LogP contribution in [-0.4, -0.2) is 0 Å². The second-order valence-electron chi connectivity index (χ2n) is 3.37. The molecule has 0 atom stereocenters. The van der Waals surface area contributed by atoms with Gasteiger partial charge in [0.2, 0.25) is 0 Å². The Labute approximate surface area is 101 Å². The molecule has 92 valence electrons. The minimum absolute atomic E-state index is 1.15. The second-order valence-corrected chi connectivity index (χ2v) is 3.37. The van der Waals surface area contributed by atoms with Gasteiger partial charge in [0.05, 0.1) is 0 Å². The highest BCUT2D eigenvalue weighted by atomic mass is 14.5. The third kappa shape index (κ3) is 12.8. The molecule has 0 unspecified atom stereocenters. The van der Waals surface area contributed by atoms with E-state index >= 15 is 0 Å². The van der Waals surface area contributed by atoms with Crippen LogP contribution in [0.15, 0.2) is 47.7 Å². The zero-order valence-electron chi connectivity index (χ0n) is 11.5. The van der Waals surface area contributed by atoms with Crippen LogP contribution in [0.1, 0.15) is 47.5 Å². The van der Waals surface area contributed by atoms with Crippen LogP contribution in [0, 0.1) is 0 Å². The highest BCUT2D eigenvalue weighted by Crippen LogP contribution is 2.01. The Morgan fingerprint density at radius 3 is 1.94 bits per heavy atom. The Bertz CT molecular complexity index is 255. The Morgan fingerprint density at radius 1 is 1.00 bits per heavy atom. The molecule has 0 aliphatic heterocycles. The van der Waals surface area contributed by atoms with Crippen molar-refractivity contribution in [1.29, 1.82) is 0 Å². The first kappa shape index (κ1) is 17.2. The van der Waals surface area contributed by atoms with Crippen molar-refractivity contribution in [2.24, 2.45) is 5.73 Å². The van der Waals surface area contributed by atoms with E-state index in [1.165, 1.54) is 12.0 Å². The van der Waals surface area contributed by atoms with Gasteiger partial charge in [-0.15, -0.1) is 0 Å². The summed E-state index contributed by atoms with van der Waals surface area (Å²) in [5, 5.41) is 0. The second kappa shape index (κ2) is 13.8. The minimum Gasteiger partial charge on any atom is -0.405 e. The van der Waals surface area contributed by atoms with E-state index in [1.54, 1.807) is 6.20 Å². The first-order valence-corrected chi connectivity index (χ1v) is 6.10. The van der Waals surface area contributed by atoms with Crippen molar-refractivity contribution < 1.29 is 0 Å². The van der Waals surface area contributed by atoms with Gasteiger partial charge in [0.25, 0.3) is 0 Å². The molecule has 0 fully saturated rings. The van der Waals surface area contributed by atoms with Gasteiger partial charge in [0, 0.05) is 0 Å². The van der Waals surface area contributed by atoms with E-state index in [4.69, 9.17) is 5.73 Å². The Balaban J connectivity index is 0. The van der Waals surface area contributed by atoms with Crippen LogP contribution in [0.3, 0.4) is 0 Å². The first-order valence-electron chi connectivity index (χ1n) is 6.10. The summed E-state index contributed by atoms with van der Waals surface area (Å²) in [6.45, 7) is 10.3. The highest BCUT2D eigenvalue weighted by molar-refractivity contribution is 5.27. The summed E-state index contributed by atoms with van der Waals surface area (Å²) in [6, 6.07) is 0. The van der Waals surface area contributed by atoms with E-state index in [0.717, 1.165) is 12.0 Å². The van der Waals surface area contributed by atoms with Gasteiger partial charge in [0.1, 0.15) is 0 Å². The van der Waals surface area contributed by atoms with Crippen LogP contribution in [0.5, 0.6) is 0 Å². The van der Waals surface area contributed by atoms with Crippen LogP contribution in [0.25, 0.3) is 0 Å². The van der Waals surface area contributed by atoms with Gasteiger partial charge in [-0.2, -0.15) is 0 Å². The molecule has 0 heterocycles. The van der Waals surface area contributed by atoms with Crippen molar-refractivity contribution in [3.63, 3.8) is 0 Å². The van der Waals surface area contributed by atoms with E-state index in [-0.39, 0.29) is 0 Å². The summed E-state index contributed by atoms with van der Waals surface area (Å²) in [5.41, 5.74) is 7.71. The lowest BCUT2D eigenvalue weighted by atomic mass is 10.2. The Morgan fingerprint density at radius 2 is 1.50 bits per heavy atom. The van der Waals surface area contributed by atoms with Gasteiger partial charge in [-0.25, -0.2) is 0 Å². The number of nitrogens with two attached hydrogens (primary N) is 1. The molecule has 2 N–H and O–H groups in total. The van der Waals surface area contributed by atoms with Crippen LogP contribution < -0.4 is 5.73 Å². The Kier molecular flexibility index (Phi) is 14.8. The maximum absolute atomic E-state index is 5.28. The van der Waals surface area contributed by atoms with E-state index in [2.05, 4.69) is 38.2 Å². The molecule has 0 aliphatic rings. The average molecular weight is 221 g/mol. The molecule has 0 radical (unpaired) electrons. The molecule has 0 aromatic heterocycles. The molecule has 0 aromatic carbocycles. The predicted molar refractivity (Wildman–Crippen MR) is 76.2 cm³/mol. The van der Waals surface area contributed by atoms with Crippen molar-refractivity contribution >= 4 is 0 Å². The quantitative estimate of drug-likeness (QED) is 0.667. The van der Waals surface area contributed by atoms with Gasteiger partial charge in [-0.1, -0.05) is 57.1 Å². The molecule has 1 heteroatoms. The molecule has 0 bridgehead atoms. The van der Waals surface area contributed by atoms with Gasteiger partial charge < -0.3 is 5.73 Å². The van der Waals surface area contributed by atoms with Crippen molar-refractivity contribution in [1.82, 2.24) is 0 Å². The highest BCUT2D eigenvalue weighted by Gasteiger charge is 1.81. The summed E-state index contributed by atoms with van der Waals surface area (Å²) in [5.74, 6) is 0. The van der Waals surface area contributed by atoms with Crippen LogP contribution in [-0.2, 0) is 0 Å². The summed E-state index contributed by atoms with van der Waals surface area (Å²) < 4.78 is 0. The lowest BCUT2D eigenvalue weighted by Crippen LogP contribution is -1.76. The number of hydrogen-bond acceptors (Lipinski definition) is 1. The van der Waals surface area contributed by atoms with Crippen LogP contribution in [0.2, 0.25) is 0 Å². The molecule has 16 heavy (non-hydrogen) atoms. The fourth-order valence-corrected chi connectivity index (χ4v) is 0.962. The summed E-state index contributed by atoms with van der Waals surface area (Å²) in [6.07, 6.45) is 14.3.